The van der Waals surface area contributed by atoms with Crippen LogP contribution >= 0.6 is 0 Å². The van der Waals surface area contributed by atoms with E-state index in [0.29, 0.717) is 41.4 Å². The molecule has 1 aromatic carbocycles. The highest BCUT2D eigenvalue weighted by Gasteiger charge is 2.29. The number of esters is 1. The quantitative estimate of drug-likeness (QED) is 0.419. The smallest absolute Gasteiger partial charge is 0.356 e. The number of nitrogens with zero attached hydrogens (tertiary/aromatic N) is 2. The zero-order valence-electron chi connectivity index (χ0n) is 20.8. The predicted octanol–water partition coefficient (Wildman–Crippen LogP) is 5.25. The maximum absolute atomic E-state index is 13.2. The standard InChI is InChI=1S/C28H34N4O4/c1-35-28(34)25-24(31-27(33)20-11-6-3-7-12-20)23-15-21(29-16-19-9-4-2-5-10-19)17-30-26(23)32(25)18-22-13-8-14-36-22/h3,6-7,11-12,15,17,19,22,29H,2,4-5,8-10,13-14,16,18H2,1H3,(H,31,33)/t22-/m1/s1. The van der Waals surface area contributed by atoms with Gasteiger partial charge in [0.25, 0.3) is 5.91 Å². The molecule has 1 saturated heterocycles. The van der Waals surface area contributed by atoms with Crippen molar-refractivity contribution < 1.29 is 19.1 Å². The third-order valence-electron chi connectivity index (χ3n) is 7.28. The minimum Gasteiger partial charge on any atom is -0.464 e. The highest BCUT2D eigenvalue weighted by atomic mass is 16.5. The molecule has 0 bridgehead atoms. The molecule has 1 aliphatic heterocycles. The van der Waals surface area contributed by atoms with E-state index in [9.17, 15) is 9.59 Å². The van der Waals surface area contributed by atoms with Crippen LogP contribution in [0.5, 0.6) is 0 Å². The summed E-state index contributed by atoms with van der Waals surface area (Å²) in [5.74, 6) is -0.162. The molecule has 1 atom stereocenters. The average molecular weight is 491 g/mol. The fourth-order valence-corrected chi connectivity index (χ4v) is 5.36. The first kappa shape index (κ1) is 24.3. The van der Waals surface area contributed by atoms with E-state index in [2.05, 4.69) is 10.6 Å². The van der Waals surface area contributed by atoms with Crippen molar-refractivity contribution in [3.8, 4) is 0 Å². The molecule has 1 amide bonds. The second kappa shape index (κ2) is 11.1. The summed E-state index contributed by atoms with van der Waals surface area (Å²) in [4.78, 5) is 31.0. The lowest BCUT2D eigenvalue weighted by Crippen LogP contribution is -2.21. The van der Waals surface area contributed by atoms with Gasteiger partial charge in [-0.3, -0.25) is 4.79 Å². The molecule has 190 valence electrons. The van der Waals surface area contributed by atoms with Crippen molar-refractivity contribution in [3.05, 3.63) is 53.9 Å². The van der Waals surface area contributed by atoms with Crippen LogP contribution in [-0.2, 0) is 16.0 Å². The fourth-order valence-electron chi connectivity index (χ4n) is 5.36. The molecule has 3 heterocycles. The van der Waals surface area contributed by atoms with E-state index >= 15 is 0 Å². The predicted molar refractivity (Wildman–Crippen MR) is 140 cm³/mol. The van der Waals surface area contributed by atoms with Gasteiger partial charge >= 0.3 is 5.97 Å². The van der Waals surface area contributed by atoms with Gasteiger partial charge in [-0.25, -0.2) is 9.78 Å². The van der Waals surface area contributed by atoms with E-state index in [4.69, 9.17) is 14.5 Å². The van der Waals surface area contributed by atoms with E-state index in [1.165, 1.54) is 39.2 Å². The molecule has 8 heteroatoms. The van der Waals surface area contributed by atoms with Crippen LogP contribution in [0.1, 0.15) is 65.8 Å². The summed E-state index contributed by atoms with van der Waals surface area (Å²) < 4.78 is 12.9. The van der Waals surface area contributed by atoms with Crippen molar-refractivity contribution in [1.82, 2.24) is 9.55 Å². The van der Waals surface area contributed by atoms with Crippen molar-refractivity contribution in [1.29, 1.82) is 0 Å². The number of hydrogen-bond donors (Lipinski definition) is 2. The molecule has 1 saturated carbocycles. The van der Waals surface area contributed by atoms with Crippen LogP contribution in [0.15, 0.2) is 42.6 Å². The van der Waals surface area contributed by atoms with Crippen molar-refractivity contribution in [2.24, 2.45) is 5.92 Å². The van der Waals surface area contributed by atoms with Crippen molar-refractivity contribution >= 4 is 34.3 Å². The molecule has 36 heavy (non-hydrogen) atoms. The number of benzene rings is 1. The number of rotatable bonds is 8. The van der Waals surface area contributed by atoms with E-state index < -0.39 is 5.97 Å². The normalized spacial score (nSPS) is 18.3. The van der Waals surface area contributed by atoms with Gasteiger partial charge in [0.05, 0.1) is 37.3 Å². The molecule has 0 radical (unpaired) electrons. The highest BCUT2D eigenvalue weighted by Crippen LogP contribution is 2.34. The molecule has 2 aliphatic rings. The fraction of sp³-hybridized carbons (Fsp3) is 0.464. The number of fused-ring (bicyclic) bond motifs is 1. The molecular weight excluding hydrogens is 456 g/mol. The first-order valence-corrected chi connectivity index (χ1v) is 13.0. The van der Waals surface area contributed by atoms with Crippen LogP contribution in [0.25, 0.3) is 11.0 Å². The second-order valence-corrected chi connectivity index (χ2v) is 9.76. The number of pyridine rings is 1. The Morgan fingerprint density at radius 2 is 1.92 bits per heavy atom. The molecular formula is C28H34N4O4. The summed E-state index contributed by atoms with van der Waals surface area (Å²) in [6, 6.07) is 10.9. The topological polar surface area (TPSA) is 94.5 Å². The van der Waals surface area contributed by atoms with Crippen LogP contribution in [0.3, 0.4) is 0 Å². The van der Waals surface area contributed by atoms with Crippen molar-refractivity contribution in [2.45, 2.75) is 57.6 Å². The summed E-state index contributed by atoms with van der Waals surface area (Å²) in [6.07, 6.45) is 10.1. The van der Waals surface area contributed by atoms with Gasteiger partial charge in [-0.05, 0) is 49.8 Å². The molecule has 1 aliphatic carbocycles. The summed E-state index contributed by atoms with van der Waals surface area (Å²) in [7, 11) is 1.35. The Balaban J connectivity index is 1.54. The lowest BCUT2D eigenvalue weighted by molar-refractivity contribution is 0.0580. The number of hydrogen-bond acceptors (Lipinski definition) is 6. The van der Waals surface area contributed by atoms with E-state index in [1.54, 1.807) is 18.3 Å². The van der Waals surface area contributed by atoms with Gasteiger partial charge in [0.1, 0.15) is 5.65 Å². The molecule has 8 nitrogen and oxygen atoms in total. The number of anilines is 2. The summed E-state index contributed by atoms with van der Waals surface area (Å²) in [6.45, 7) is 2.06. The summed E-state index contributed by atoms with van der Waals surface area (Å²) >= 11 is 0. The lowest BCUT2D eigenvalue weighted by Gasteiger charge is -2.22. The lowest BCUT2D eigenvalue weighted by atomic mass is 9.89. The van der Waals surface area contributed by atoms with Gasteiger partial charge in [-0.2, -0.15) is 0 Å². The average Bonchev–Trinajstić information content (AvgIpc) is 3.54. The first-order valence-electron chi connectivity index (χ1n) is 13.0. The number of aromatic nitrogens is 2. The van der Waals surface area contributed by atoms with Crippen LogP contribution in [0, 0.1) is 5.92 Å². The first-order chi connectivity index (χ1) is 17.6. The van der Waals surface area contributed by atoms with Crippen molar-refractivity contribution in [2.75, 3.05) is 30.9 Å². The second-order valence-electron chi connectivity index (χ2n) is 9.76. The molecule has 3 aromatic rings. The van der Waals surface area contributed by atoms with E-state index in [-0.39, 0.29) is 17.7 Å². The number of amides is 1. The number of methoxy groups -OCH3 is 1. The van der Waals surface area contributed by atoms with Crippen LogP contribution in [0.2, 0.25) is 0 Å². The van der Waals surface area contributed by atoms with Crippen LogP contribution < -0.4 is 10.6 Å². The van der Waals surface area contributed by atoms with E-state index in [0.717, 1.165) is 25.1 Å². The summed E-state index contributed by atoms with van der Waals surface area (Å²) in [5.41, 5.74) is 2.70. The van der Waals surface area contributed by atoms with Gasteiger partial charge in [0.2, 0.25) is 0 Å². The maximum Gasteiger partial charge on any atom is 0.356 e. The summed E-state index contributed by atoms with van der Waals surface area (Å²) in [5, 5.41) is 7.23. The third-order valence-corrected chi connectivity index (χ3v) is 7.28. The molecule has 2 aromatic heterocycles. The number of carbonyl (C=O) groups excluding carboxylic acids is 2. The van der Waals surface area contributed by atoms with Crippen molar-refractivity contribution in [3.63, 3.8) is 0 Å². The largest absolute Gasteiger partial charge is 0.464 e. The number of ether oxygens (including phenoxy) is 2. The van der Waals surface area contributed by atoms with Gasteiger partial charge in [0.15, 0.2) is 5.69 Å². The molecule has 2 fully saturated rings. The molecule has 0 unspecified atom stereocenters. The Bertz CT molecular complexity index is 1210. The van der Waals surface area contributed by atoms with Gasteiger partial charge in [0, 0.05) is 24.1 Å². The SMILES string of the molecule is COC(=O)c1c(NC(=O)c2ccccc2)c2cc(NCC3CCCCC3)cnc2n1C[C@H]1CCCO1. The van der Waals surface area contributed by atoms with Crippen LogP contribution in [0.4, 0.5) is 11.4 Å². The molecule has 2 N–H and O–H groups in total. The Morgan fingerprint density at radius 3 is 2.64 bits per heavy atom. The van der Waals surface area contributed by atoms with Crippen LogP contribution in [-0.4, -0.2) is 47.8 Å². The number of carbonyl (C=O) groups is 2. The minimum atomic E-state index is -0.522. The third kappa shape index (κ3) is 5.23. The maximum atomic E-state index is 13.2. The van der Waals surface area contributed by atoms with Gasteiger partial charge in [-0.15, -0.1) is 0 Å². The van der Waals surface area contributed by atoms with E-state index in [1.807, 2.05) is 28.8 Å². The van der Waals surface area contributed by atoms with Gasteiger partial charge < -0.3 is 24.7 Å². The minimum absolute atomic E-state index is 0.0208. The Morgan fingerprint density at radius 1 is 1.11 bits per heavy atom. The molecule has 5 rings (SSSR count). The van der Waals surface area contributed by atoms with Gasteiger partial charge in [-0.1, -0.05) is 37.5 Å². The Kier molecular flexibility index (Phi) is 7.51. The highest BCUT2D eigenvalue weighted by molar-refractivity contribution is 6.14. The monoisotopic (exact) mass is 490 g/mol. The number of nitrogens with one attached hydrogen (secondary N) is 2. The zero-order valence-corrected chi connectivity index (χ0v) is 20.8. The Labute approximate surface area is 211 Å². The molecule has 0 spiro atoms. The zero-order chi connectivity index (χ0) is 24.9. The Hall–Kier alpha value is -3.39.